The molecule has 0 saturated heterocycles. The maximum Gasteiger partial charge on any atom is 0.257 e. The average molecular weight is 273 g/mol. The van der Waals surface area contributed by atoms with Crippen LogP contribution in [0.15, 0.2) is 18.2 Å². The molecular weight excluding hydrogens is 250 g/mol. The molecule has 3 rings (SSSR count). The molecule has 0 spiro atoms. The Labute approximate surface area is 120 Å². The Morgan fingerprint density at radius 2 is 2.00 bits per heavy atom. The lowest BCUT2D eigenvalue weighted by Gasteiger charge is -2.32. The molecule has 108 valence electrons. The summed E-state index contributed by atoms with van der Waals surface area (Å²) in [4.78, 5) is 14.7. The highest BCUT2D eigenvalue weighted by atomic mass is 16.5. The molecule has 20 heavy (non-hydrogen) atoms. The molecule has 2 aliphatic rings. The van der Waals surface area contributed by atoms with E-state index in [1.165, 1.54) is 24.8 Å². The zero-order valence-electron chi connectivity index (χ0n) is 12.2. The average Bonchev–Trinajstić information content (AvgIpc) is 2.54. The van der Waals surface area contributed by atoms with Crippen molar-refractivity contribution in [1.29, 1.82) is 0 Å². The molecule has 1 aromatic carbocycles. The maximum absolute atomic E-state index is 12.8. The van der Waals surface area contributed by atoms with Gasteiger partial charge in [0.2, 0.25) is 0 Å². The predicted molar refractivity (Wildman–Crippen MR) is 79.2 cm³/mol. The van der Waals surface area contributed by atoms with Crippen molar-refractivity contribution in [1.82, 2.24) is 4.90 Å². The van der Waals surface area contributed by atoms with E-state index in [2.05, 4.69) is 6.07 Å². The summed E-state index contributed by atoms with van der Waals surface area (Å²) in [6.45, 7) is 0.727. The topological polar surface area (TPSA) is 29.5 Å². The summed E-state index contributed by atoms with van der Waals surface area (Å²) in [6.07, 6.45) is 8.13. The van der Waals surface area contributed by atoms with E-state index in [4.69, 9.17) is 4.74 Å². The highest BCUT2D eigenvalue weighted by Gasteiger charge is 2.26. The first-order valence-electron chi connectivity index (χ1n) is 7.79. The molecule has 3 heteroatoms. The molecule has 0 aromatic heterocycles. The van der Waals surface area contributed by atoms with Crippen molar-refractivity contribution in [3.63, 3.8) is 0 Å². The number of hydrogen-bond donors (Lipinski definition) is 0. The van der Waals surface area contributed by atoms with Gasteiger partial charge in [-0.2, -0.15) is 0 Å². The Kier molecular flexibility index (Phi) is 3.95. The van der Waals surface area contributed by atoms with Crippen molar-refractivity contribution in [2.45, 2.75) is 51.0 Å². The van der Waals surface area contributed by atoms with Crippen molar-refractivity contribution in [2.75, 3.05) is 13.7 Å². The van der Waals surface area contributed by atoms with Gasteiger partial charge in [0.15, 0.2) is 0 Å². The Hall–Kier alpha value is -1.51. The van der Waals surface area contributed by atoms with Gasteiger partial charge in [0, 0.05) is 13.1 Å². The third-order valence-corrected chi connectivity index (χ3v) is 4.61. The number of ether oxygens (including phenoxy) is 1. The van der Waals surface area contributed by atoms with Crippen LogP contribution in [0, 0.1) is 0 Å². The van der Waals surface area contributed by atoms with E-state index in [1.54, 1.807) is 0 Å². The van der Waals surface area contributed by atoms with Gasteiger partial charge >= 0.3 is 0 Å². The van der Waals surface area contributed by atoms with Crippen molar-refractivity contribution < 1.29 is 9.53 Å². The molecule has 1 fully saturated rings. The highest BCUT2D eigenvalue weighted by Crippen LogP contribution is 2.31. The number of hydrogen-bond acceptors (Lipinski definition) is 2. The molecule has 1 aliphatic carbocycles. The van der Waals surface area contributed by atoms with Crippen LogP contribution in [0.5, 0.6) is 5.75 Å². The molecule has 0 unspecified atom stereocenters. The predicted octanol–water partition coefficient (Wildman–Crippen LogP) is 3.42. The van der Waals surface area contributed by atoms with E-state index in [0.717, 1.165) is 43.6 Å². The summed E-state index contributed by atoms with van der Waals surface area (Å²) in [5.74, 6) is 0.946. The van der Waals surface area contributed by atoms with Gasteiger partial charge < -0.3 is 9.64 Å². The van der Waals surface area contributed by atoms with Crippen LogP contribution in [0.1, 0.15) is 54.4 Å². The summed E-state index contributed by atoms with van der Waals surface area (Å²) in [7, 11) is 1.94. The monoisotopic (exact) mass is 273 g/mol. The van der Waals surface area contributed by atoms with Gasteiger partial charge in [-0.15, -0.1) is 0 Å². The minimum atomic E-state index is 0.121. The summed E-state index contributed by atoms with van der Waals surface area (Å²) < 4.78 is 5.77. The fourth-order valence-corrected chi connectivity index (χ4v) is 3.38. The largest absolute Gasteiger partial charge is 0.492 e. The molecule has 1 heterocycles. The van der Waals surface area contributed by atoms with E-state index in [0.29, 0.717) is 6.04 Å². The van der Waals surface area contributed by atoms with Crippen LogP contribution in [0.2, 0.25) is 0 Å². The Balaban J connectivity index is 1.83. The van der Waals surface area contributed by atoms with Crippen molar-refractivity contribution in [2.24, 2.45) is 0 Å². The lowest BCUT2D eigenvalue weighted by molar-refractivity contribution is 0.0691. The van der Waals surface area contributed by atoms with Gasteiger partial charge in [-0.25, -0.2) is 0 Å². The number of nitrogens with zero attached hydrogens (tertiary/aromatic N) is 1. The van der Waals surface area contributed by atoms with Crippen LogP contribution in [0.25, 0.3) is 0 Å². The third-order valence-electron chi connectivity index (χ3n) is 4.61. The second kappa shape index (κ2) is 5.86. The normalized spacial score (nSPS) is 19.1. The van der Waals surface area contributed by atoms with Gasteiger partial charge in [0.25, 0.3) is 5.91 Å². The van der Waals surface area contributed by atoms with Crippen LogP contribution >= 0.6 is 0 Å². The minimum Gasteiger partial charge on any atom is -0.492 e. The zero-order chi connectivity index (χ0) is 13.9. The van der Waals surface area contributed by atoms with Crippen LogP contribution < -0.4 is 4.74 Å². The van der Waals surface area contributed by atoms with E-state index in [9.17, 15) is 4.79 Å². The van der Waals surface area contributed by atoms with Crippen LogP contribution in [0.4, 0.5) is 0 Å². The molecule has 0 N–H and O–H groups in total. The number of fused-ring (bicyclic) bond motifs is 1. The number of benzene rings is 1. The SMILES string of the molecule is CN(C(=O)c1cccc2c1OCCC2)C1CCCCC1. The van der Waals surface area contributed by atoms with Crippen LogP contribution in [-0.4, -0.2) is 30.5 Å². The van der Waals surface area contributed by atoms with E-state index < -0.39 is 0 Å². The minimum absolute atomic E-state index is 0.121. The molecule has 1 saturated carbocycles. The molecular formula is C17H23NO2. The lowest BCUT2D eigenvalue weighted by atomic mass is 9.93. The lowest BCUT2D eigenvalue weighted by Crippen LogP contribution is -2.38. The Bertz CT molecular complexity index is 492. The number of carbonyl (C=O) groups excluding carboxylic acids is 1. The summed E-state index contributed by atoms with van der Waals surface area (Å²) in [5, 5.41) is 0. The van der Waals surface area contributed by atoms with Crippen molar-refractivity contribution in [3.05, 3.63) is 29.3 Å². The number of rotatable bonds is 2. The standard InChI is InChI=1S/C17H23NO2/c1-18(14-9-3-2-4-10-14)17(19)15-11-5-7-13-8-6-12-20-16(13)15/h5,7,11,14H,2-4,6,8-10,12H2,1H3. The first kappa shape index (κ1) is 13.5. The fourth-order valence-electron chi connectivity index (χ4n) is 3.38. The fraction of sp³-hybridized carbons (Fsp3) is 0.588. The molecule has 1 aliphatic heterocycles. The number of carbonyl (C=O) groups is 1. The van der Waals surface area contributed by atoms with Gasteiger partial charge in [-0.3, -0.25) is 4.79 Å². The third kappa shape index (κ3) is 2.54. The van der Waals surface area contributed by atoms with Gasteiger partial charge in [-0.1, -0.05) is 31.4 Å². The maximum atomic E-state index is 12.8. The van der Waals surface area contributed by atoms with E-state index >= 15 is 0 Å². The number of amides is 1. The first-order valence-corrected chi connectivity index (χ1v) is 7.79. The quantitative estimate of drug-likeness (QED) is 0.826. The molecule has 0 radical (unpaired) electrons. The highest BCUT2D eigenvalue weighted by molar-refractivity contribution is 5.97. The zero-order valence-corrected chi connectivity index (χ0v) is 12.2. The summed E-state index contributed by atoms with van der Waals surface area (Å²) in [6, 6.07) is 6.36. The van der Waals surface area contributed by atoms with Gasteiger partial charge in [0.05, 0.1) is 12.2 Å². The van der Waals surface area contributed by atoms with Crippen molar-refractivity contribution in [3.8, 4) is 5.75 Å². The van der Waals surface area contributed by atoms with Crippen molar-refractivity contribution >= 4 is 5.91 Å². The summed E-state index contributed by atoms with van der Waals surface area (Å²) in [5.41, 5.74) is 1.93. The molecule has 0 atom stereocenters. The molecule has 3 nitrogen and oxygen atoms in total. The van der Waals surface area contributed by atoms with E-state index in [-0.39, 0.29) is 5.91 Å². The first-order chi connectivity index (χ1) is 9.77. The van der Waals surface area contributed by atoms with Gasteiger partial charge in [0.1, 0.15) is 5.75 Å². The second-order valence-corrected chi connectivity index (χ2v) is 5.95. The second-order valence-electron chi connectivity index (χ2n) is 5.95. The Morgan fingerprint density at radius 1 is 1.20 bits per heavy atom. The molecule has 0 bridgehead atoms. The van der Waals surface area contributed by atoms with E-state index in [1.807, 2.05) is 24.1 Å². The van der Waals surface area contributed by atoms with Crippen LogP contribution in [0.3, 0.4) is 0 Å². The summed E-state index contributed by atoms with van der Waals surface area (Å²) >= 11 is 0. The Morgan fingerprint density at radius 3 is 2.80 bits per heavy atom. The smallest absolute Gasteiger partial charge is 0.257 e. The number of aryl methyl sites for hydroxylation is 1. The number of para-hydroxylation sites is 1. The molecule has 1 aromatic rings. The van der Waals surface area contributed by atoms with Gasteiger partial charge in [-0.05, 0) is 37.3 Å². The van der Waals surface area contributed by atoms with Crippen LogP contribution in [-0.2, 0) is 6.42 Å². The molecule has 1 amide bonds.